The van der Waals surface area contributed by atoms with E-state index in [0.29, 0.717) is 13.2 Å². The third-order valence-corrected chi connectivity index (χ3v) is 13.8. The molecule has 1 aliphatic heterocycles. The molecule has 3 aromatic carbocycles. The van der Waals surface area contributed by atoms with Gasteiger partial charge in [0.25, 0.3) is 0 Å². The monoisotopic (exact) mass is 760 g/mol. The number of hydrogen-bond acceptors (Lipinski definition) is 2. The van der Waals surface area contributed by atoms with Gasteiger partial charge in [0.05, 0.1) is 0 Å². The Morgan fingerprint density at radius 3 is 1.88 bits per heavy atom. The zero-order chi connectivity index (χ0) is 29.4. The predicted octanol–water partition coefficient (Wildman–Crippen LogP) is 8.10. The molecule has 2 heterocycles. The molecule has 1 fully saturated rings. The third kappa shape index (κ3) is 6.22. The molecular formula is C38H33OOsPS+. The van der Waals surface area contributed by atoms with Gasteiger partial charge in [0, 0.05) is 0 Å². The van der Waals surface area contributed by atoms with Gasteiger partial charge in [0.15, 0.2) is 0 Å². The van der Waals surface area contributed by atoms with Crippen LogP contribution in [0.5, 0.6) is 0 Å². The van der Waals surface area contributed by atoms with Gasteiger partial charge in [0.2, 0.25) is 0 Å². The molecule has 0 radical (unpaired) electrons. The molecule has 4 aromatic rings. The molecule has 0 atom stereocenters. The fraction of sp³-hybridized carbons (Fsp3) is 0.132. The Bertz CT molecular complexity index is 1680. The molecule has 0 spiro atoms. The van der Waals surface area contributed by atoms with Crippen LogP contribution in [0.25, 0.3) is 6.08 Å². The third-order valence-electron chi connectivity index (χ3n) is 7.28. The van der Waals surface area contributed by atoms with E-state index in [4.69, 9.17) is 4.74 Å². The van der Waals surface area contributed by atoms with E-state index in [2.05, 4.69) is 158 Å². The number of ether oxygens (including phenoxy) is 1. The van der Waals surface area contributed by atoms with Crippen LogP contribution >= 0.6 is 18.6 Å². The van der Waals surface area contributed by atoms with Crippen molar-refractivity contribution in [3.63, 3.8) is 0 Å². The van der Waals surface area contributed by atoms with Crippen LogP contribution in [0.15, 0.2) is 137 Å². The number of hydrogen-bond donors (Lipinski definition) is 0. The van der Waals surface area contributed by atoms with Crippen molar-refractivity contribution in [3.05, 3.63) is 153 Å². The summed E-state index contributed by atoms with van der Waals surface area (Å²) < 4.78 is 9.67. The van der Waals surface area contributed by atoms with E-state index in [1.165, 1.54) is 37.5 Å². The number of allylic oxidation sites excluding steroid dienone is 5. The molecule has 4 heteroatoms. The Labute approximate surface area is 264 Å². The minimum absolute atomic E-state index is 0.584. The van der Waals surface area contributed by atoms with Gasteiger partial charge >= 0.3 is 266 Å². The zero-order valence-corrected chi connectivity index (χ0v) is 28.3. The molecule has 1 nitrogen and oxygen atoms in total. The van der Waals surface area contributed by atoms with Crippen molar-refractivity contribution >= 4 is 40.6 Å². The number of aryl methyl sites for hydroxylation is 1. The Morgan fingerprint density at radius 1 is 0.833 bits per heavy atom. The molecule has 1 aliphatic rings. The molecule has 5 rings (SSSR count). The zero-order valence-electron chi connectivity index (χ0n) is 24.1. The summed E-state index contributed by atoms with van der Waals surface area (Å²) in [5.41, 5.74) is 4.60. The first-order valence-electron chi connectivity index (χ1n) is 14.0. The van der Waals surface area contributed by atoms with Crippen molar-refractivity contribution in [2.24, 2.45) is 0 Å². The molecule has 1 saturated heterocycles. The first kappa shape index (κ1) is 30.2. The molecule has 0 N–H and O–H groups in total. The minimum atomic E-state index is -2.38. The van der Waals surface area contributed by atoms with Crippen molar-refractivity contribution in [1.82, 2.24) is 0 Å². The summed E-state index contributed by atoms with van der Waals surface area (Å²) in [6.45, 7) is 7.50. The van der Waals surface area contributed by atoms with Gasteiger partial charge in [-0.15, -0.1) is 0 Å². The molecule has 1 aromatic heterocycles. The number of benzene rings is 3. The number of rotatable bonds is 6. The summed E-state index contributed by atoms with van der Waals surface area (Å²) in [5.74, 6) is 7.29. The second kappa shape index (κ2) is 14.2. The van der Waals surface area contributed by atoms with E-state index in [1.54, 1.807) is 29.3 Å². The first-order valence-corrected chi connectivity index (χ1v) is 17.8. The fourth-order valence-corrected chi connectivity index (χ4v) is 12.0. The standard InChI is InChI=1S/C38H33OPS.Os/c1-5-16-37-25-29(3)38(41-37)24-23-32(26-33-28-39-27-31(33)6-2)30(4)40(34-17-10-7-11-18-34,35-19-12-8-13-20-35)36-21-14-9-15-22-36;/h5-22,25-26H,27-28H2,1-3H3;/q+1;/b16-5+,31-6?,32-30?,33-26?;. The normalized spacial score (nSPS) is 15.9. The van der Waals surface area contributed by atoms with Crippen LogP contribution in [0.4, 0.5) is 0 Å². The van der Waals surface area contributed by atoms with Crippen LogP contribution in [0, 0.1) is 23.1 Å². The molecule has 0 bridgehead atoms. The molecule has 0 aliphatic carbocycles. The van der Waals surface area contributed by atoms with Gasteiger partial charge < -0.3 is 0 Å². The van der Waals surface area contributed by atoms with Crippen molar-refractivity contribution in [1.29, 1.82) is 0 Å². The average Bonchev–Trinajstić information content (AvgIpc) is 3.64. The second-order valence-corrected chi connectivity index (χ2v) is 15.0. The molecule has 42 heavy (non-hydrogen) atoms. The van der Waals surface area contributed by atoms with E-state index in [-0.39, 0.29) is 0 Å². The van der Waals surface area contributed by atoms with Crippen molar-refractivity contribution in [3.8, 4) is 16.2 Å². The van der Waals surface area contributed by atoms with Gasteiger partial charge in [-0.05, 0) is 0 Å². The van der Waals surface area contributed by atoms with E-state index >= 15 is 0 Å². The molecular weight excluding hydrogens is 726 g/mol. The Balaban J connectivity index is 1.90. The van der Waals surface area contributed by atoms with E-state index in [1.807, 2.05) is 0 Å². The predicted molar refractivity (Wildman–Crippen MR) is 179 cm³/mol. The van der Waals surface area contributed by atoms with Crippen molar-refractivity contribution in [2.45, 2.75) is 20.8 Å². The van der Waals surface area contributed by atoms with Gasteiger partial charge in [-0.25, -0.2) is 0 Å². The maximum atomic E-state index is 5.90. The molecule has 0 unspecified atom stereocenters. The summed E-state index contributed by atoms with van der Waals surface area (Å²) >= 11 is 3.53. The second-order valence-electron chi connectivity index (χ2n) is 9.92. The maximum absolute atomic E-state index is 5.90. The number of thiophene rings is 1. The van der Waals surface area contributed by atoms with Crippen LogP contribution in [0.2, 0.25) is 0 Å². The average molecular weight is 759 g/mol. The molecule has 209 valence electrons. The van der Waals surface area contributed by atoms with Gasteiger partial charge in [-0.3, -0.25) is 0 Å². The summed E-state index contributed by atoms with van der Waals surface area (Å²) in [6, 6.07) is 35.0. The molecule has 0 saturated carbocycles. The van der Waals surface area contributed by atoms with Gasteiger partial charge in [-0.1, -0.05) is 0 Å². The van der Waals surface area contributed by atoms with Crippen molar-refractivity contribution in [2.75, 3.05) is 13.2 Å². The van der Waals surface area contributed by atoms with Crippen LogP contribution in [-0.4, -0.2) is 13.2 Å². The Morgan fingerprint density at radius 2 is 1.38 bits per heavy atom. The van der Waals surface area contributed by atoms with Crippen LogP contribution in [-0.2, 0) is 22.7 Å². The Kier molecular flexibility index (Phi) is 10.2. The quantitative estimate of drug-likeness (QED) is 0.143. The van der Waals surface area contributed by atoms with E-state index in [9.17, 15) is 0 Å². The van der Waals surface area contributed by atoms with E-state index in [0.717, 1.165) is 15.8 Å². The summed E-state index contributed by atoms with van der Waals surface area (Å²) in [5, 5.41) is 5.00. The SMILES string of the molecule is CC=C1COCC1=CC(C#Cc1sc(/C=C/C)cc1C)=C([C]#[Os])[P+](c1ccccc1)(c1ccccc1)c1ccccc1. The van der Waals surface area contributed by atoms with Gasteiger partial charge in [0.1, 0.15) is 0 Å². The summed E-state index contributed by atoms with van der Waals surface area (Å²) in [4.78, 5) is 2.31. The van der Waals surface area contributed by atoms with E-state index < -0.39 is 7.26 Å². The van der Waals surface area contributed by atoms with Gasteiger partial charge in [-0.2, -0.15) is 0 Å². The van der Waals surface area contributed by atoms with Crippen LogP contribution < -0.4 is 15.9 Å². The first-order chi connectivity index (χ1) is 20.6. The van der Waals surface area contributed by atoms with Crippen LogP contribution in [0.1, 0.15) is 29.2 Å². The Hall–Kier alpha value is -3.31. The van der Waals surface area contributed by atoms with Crippen LogP contribution in [0.3, 0.4) is 0 Å². The molecule has 0 amide bonds. The van der Waals surface area contributed by atoms with Crippen molar-refractivity contribution < 1.29 is 22.7 Å². The topological polar surface area (TPSA) is 9.23 Å². The summed E-state index contributed by atoms with van der Waals surface area (Å²) in [6.07, 6.45) is 8.65. The fourth-order valence-electron chi connectivity index (χ4n) is 5.28. The summed E-state index contributed by atoms with van der Waals surface area (Å²) in [7, 11) is -2.38.